The SMILES string of the molecule is BrCCSc1nn2cc(-c3ccccc3)nc2s1. The summed E-state index contributed by atoms with van der Waals surface area (Å²) >= 11 is 6.80. The number of hydrogen-bond donors (Lipinski definition) is 0. The van der Waals surface area contributed by atoms with E-state index in [0.29, 0.717) is 0 Å². The Labute approximate surface area is 121 Å². The fourth-order valence-electron chi connectivity index (χ4n) is 1.61. The van der Waals surface area contributed by atoms with Crippen molar-refractivity contribution in [3.8, 4) is 11.3 Å². The van der Waals surface area contributed by atoms with Crippen LogP contribution in [0.25, 0.3) is 16.2 Å². The Morgan fingerprint density at radius 3 is 2.83 bits per heavy atom. The lowest BCUT2D eigenvalue weighted by molar-refractivity contribution is 0.916. The fourth-order valence-corrected chi connectivity index (χ4v) is 3.82. The summed E-state index contributed by atoms with van der Waals surface area (Å²) in [6.45, 7) is 0. The molecule has 3 nitrogen and oxygen atoms in total. The quantitative estimate of drug-likeness (QED) is 0.532. The van der Waals surface area contributed by atoms with Crippen LogP contribution in [0.1, 0.15) is 0 Å². The first-order valence-corrected chi connectivity index (χ1v) is 8.39. The Kier molecular flexibility index (Phi) is 3.67. The van der Waals surface area contributed by atoms with Gasteiger partial charge in [-0.2, -0.15) is 0 Å². The third-order valence-electron chi connectivity index (χ3n) is 2.40. The molecule has 0 saturated heterocycles. The van der Waals surface area contributed by atoms with Gasteiger partial charge in [0, 0.05) is 16.6 Å². The summed E-state index contributed by atoms with van der Waals surface area (Å²) in [4.78, 5) is 5.56. The highest BCUT2D eigenvalue weighted by atomic mass is 79.9. The summed E-state index contributed by atoms with van der Waals surface area (Å²) in [6.07, 6.45) is 1.99. The monoisotopic (exact) mass is 339 g/mol. The van der Waals surface area contributed by atoms with Crippen molar-refractivity contribution in [3.05, 3.63) is 36.5 Å². The van der Waals surface area contributed by atoms with E-state index in [2.05, 4.69) is 38.1 Å². The Hall–Kier alpha value is -0.850. The van der Waals surface area contributed by atoms with Crippen LogP contribution in [0, 0.1) is 0 Å². The number of thioether (sulfide) groups is 1. The van der Waals surface area contributed by atoms with Crippen LogP contribution < -0.4 is 0 Å². The van der Waals surface area contributed by atoms with Gasteiger partial charge in [0.15, 0.2) is 4.34 Å². The van der Waals surface area contributed by atoms with Crippen LogP contribution in [-0.2, 0) is 0 Å². The normalized spacial score (nSPS) is 11.2. The second kappa shape index (κ2) is 5.42. The summed E-state index contributed by atoms with van der Waals surface area (Å²) in [7, 11) is 0. The molecular formula is C12H10BrN3S2. The van der Waals surface area contributed by atoms with Gasteiger partial charge >= 0.3 is 0 Å². The number of alkyl halides is 1. The van der Waals surface area contributed by atoms with E-state index < -0.39 is 0 Å². The zero-order valence-corrected chi connectivity index (χ0v) is 12.6. The zero-order chi connectivity index (χ0) is 12.4. The average Bonchev–Trinajstić information content (AvgIpc) is 2.95. The Bertz CT molecular complexity index is 616. The van der Waals surface area contributed by atoms with Gasteiger partial charge in [0.1, 0.15) is 0 Å². The lowest BCUT2D eigenvalue weighted by atomic mass is 10.2. The number of imidazole rings is 1. The van der Waals surface area contributed by atoms with Crippen molar-refractivity contribution in [3.63, 3.8) is 0 Å². The van der Waals surface area contributed by atoms with Gasteiger partial charge in [-0.25, -0.2) is 9.50 Å². The highest BCUT2D eigenvalue weighted by molar-refractivity contribution is 9.09. The van der Waals surface area contributed by atoms with Crippen molar-refractivity contribution >= 4 is 44.0 Å². The molecule has 3 rings (SSSR count). The second-order valence-corrected chi connectivity index (χ2v) is 6.72. The van der Waals surface area contributed by atoms with Crippen LogP contribution >= 0.6 is 39.0 Å². The van der Waals surface area contributed by atoms with E-state index in [9.17, 15) is 0 Å². The van der Waals surface area contributed by atoms with Crippen LogP contribution in [-0.4, -0.2) is 25.7 Å². The van der Waals surface area contributed by atoms with Gasteiger partial charge in [-0.05, 0) is 0 Å². The van der Waals surface area contributed by atoms with Crippen molar-refractivity contribution in [2.75, 3.05) is 11.1 Å². The van der Waals surface area contributed by atoms with E-state index in [1.807, 2.05) is 28.9 Å². The first-order chi connectivity index (χ1) is 8.86. The molecule has 0 saturated carbocycles. The van der Waals surface area contributed by atoms with Crippen molar-refractivity contribution in [1.29, 1.82) is 0 Å². The standard InChI is InChI=1S/C12H10BrN3S2/c13-6-7-17-12-15-16-8-10(14-11(16)18-12)9-4-2-1-3-5-9/h1-5,8H,6-7H2. The minimum Gasteiger partial charge on any atom is -0.217 e. The van der Waals surface area contributed by atoms with E-state index >= 15 is 0 Å². The van der Waals surface area contributed by atoms with Gasteiger partial charge in [-0.3, -0.25) is 0 Å². The molecule has 2 aromatic heterocycles. The van der Waals surface area contributed by atoms with Gasteiger partial charge in [0.25, 0.3) is 0 Å². The molecule has 6 heteroatoms. The molecule has 0 aliphatic carbocycles. The minimum absolute atomic E-state index is 0.950. The molecule has 1 aromatic carbocycles. The topological polar surface area (TPSA) is 30.2 Å². The molecule has 0 aliphatic heterocycles. The summed E-state index contributed by atoms with van der Waals surface area (Å²) in [5.74, 6) is 1.03. The maximum absolute atomic E-state index is 4.61. The molecule has 0 N–H and O–H groups in total. The lowest BCUT2D eigenvalue weighted by Gasteiger charge is -1.93. The molecule has 0 bridgehead atoms. The molecule has 0 aliphatic rings. The number of fused-ring (bicyclic) bond motifs is 1. The average molecular weight is 340 g/mol. The largest absolute Gasteiger partial charge is 0.217 e. The van der Waals surface area contributed by atoms with Gasteiger partial charge < -0.3 is 0 Å². The van der Waals surface area contributed by atoms with E-state index in [1.165, 1.54) is 0 Å². The van der Waals surface area contributed by atoms with Crippen LogP contribution in [0.15, 0.2) is 40.9 Å². The molecule has 0 radical (unpaired) electrons. The van der Waals surface area contributed by atoms with E-state index in [4.69, 9.17) is 0 Å². The molecule has 92 valence electrons. The molecule has 0 spiro atoms. The first kappa shape index (κ1) is 12.2. The predicted octanol–water partition coefficient (Wildman–Crippen LogP) is 3.94. The highest BCUT2D eigenvalue weighted by Gasteiger charge is 2.09. The number of nitrogens with zero attached hydrogens (tertiary/aromatic N) is 3. The summed E-state index contributed by atoms with van der Waals surface area (Å²) in [5.41, 5.74) is 2.11. The van der Waals surface area contributed by atoms with E-state index in [0.717, 1.165) is 31.6 Å². The van der Waals surface area contributed by atoms with Crippen LogP contribution in [0.3, 0.4) is 0 Å². The molecule has 0 unspecified atom stereocenters. The summed E-state index contributed by atoms with van der Waals surface area (Å²) < 4.78 is 2.93. The second-order valence-electron chi connectivity index (χ2n) is 3.62. The van der Waals surface area contributed by atoms with Gasteiger partial charge in [-0.15, -0.1) is 5.10 Å². The number of aromatic nitrogens is 3. The Morgan fingerprint density at radius 2 is 2.11 bits per heavy atom. The molecule has 3 aromatic rings. The van der Waals surface area contributed by atoms with Crippen LogP contribution in [0.5, 0.6) is 0 Å². The zero-order valence-electron chi connectivity index (χ0n) is 9.41. The number of halogens is 1. The van der Waals surface area contributed by atoms with Gasteiger partial charge in [0.05, 0.1) is 11.9 Å². The molecular weight excluding hydrogens is 330 g/mol. The highest BCUT2D eigenvalue weighted by Crippen LogP contribution is 2.27. The first-order valence-electron chi connectivity index (χ1n) is 5.47. The summed E-state index contributed by atoms with van der Waals surface area (Å²) in [5, 5.41) is 5.49. The number of rotatable bonds is 4. The Morgan fingerprint density at radius 1 is 1.28 bits per heavy atom. The van der Waals surface area contributed by atoms with Crippen molar-refractivity contribution in [2.24, 2.45) is 0 Å². The third-order valence-corrected chi connectivity index (χ3v) is 5.38. The maximum Gasteiger partial charge on any atom is 0.213 e. The minimum atomic E-state index is 0.950. The predicted molar refractivity (Wildman–Crippen MR) is 80.8 cm³/mol. The van der Waals surface area contributed by atoms with E-state index in [-0.39, 0.29) is 0 Å². The van der Waals surface area contributed by atoms with Gasteiger partial charge in [0.2, 0.25) is 4.96 Å². The molecule has 0 fully saturated rings. The number of hydrogen-bond acceptors (Lipinski definition) is 4. The van der Waals surface area contributed by atoms with Crippen LogP contribution in [0.4, 0.5) is 0 Å². The fraction of sp³-hybridized carbons (Fsp3) is 0.167. The number of benzene rings is 1. The van der Waals surface area contributed by atoms with Crippen molar-refractivity contribution in [2.45, 2.75) is 4.34 Å². The van der Waals surface area contributed by atoms with E-state index in [1.54, 1.807) is 23.1 Å². The maximum atomic E-state index is 4.61. The molecule has 18 heavy (non-hydrogen) atoms. The van der Waals surface area contributed by atoms with Crippen LogP contribution in [0.2, 0.25) is 0 Å². The lowest BCUT2D eigenvalue weighted by Crippen LogP contribution is -1.82. The Balaban J connectivity index is 1.91. The third kappa shape index (κ3) is 2.46. The van der Waals surface area contributed by atoms with Crippen molar-refractivity contribution in [1.82, 2.24) is 14.6 Å². The van der Waals surface area contributed by atoms with Gasteiger partial charge in [-0.1, -0.05) is 69.4 Å². The molecule has 0 amide bonds. The molecule has 2 heterocycles. The smallest absolute Gasteiger partial charge is 0.213 e. The summed E-state index contributed by atoms with van der Waals surface area (Å²) in [6, 6.07) is 10.2. The van der Waals surface area contributed by atoms with Crippen molar-refractivity contribution < 1.29 is 0 Å². The molecule has 0 atom stereocenters.